The highest BCUT2D eigenvalue weighted by Gasteiger charge is 2.46. The third-order valence-corrected chi connectivity index (χ3v) is 5.09. The SMILES string of the molecule is CC1(O)C(=O)NC(C(=O)NCCN2CCOCC2)N=C1C(=O)NCc1ccc(F)cc1. The first kappa shape index (κ1) is 22.8. The minimum atomic E-state index is -2.20. The lowest BCUT2D eigenvalue weighted by atomic mass is 9.95. The molecule has 11 heteroatoms. The number of halogens is 1. The van der Waals surface area contributed by atoms with Crippen molar-refractivity contribution < 1.29 is 28.6 Å². The number of nitrogens with zero attached hydrogens (tertiary/aromatic N) is 2. The van der Waals surface area contributed by atoms with Crippen LogP contribution in [0.4, 0.5) is 4.39 Å². The second-order valence-corrected chi connectivity index (χ2v) is 7.48. The van der Waals surface area contributed by atoms with Gasteiger partial charge in [-0.3, -0.25) is 19.3 Å². The zero-order chi connectivity index (χ0) is 22.4. The predicted octanol–water partition coefficient (Wildman–Crippen LogP) is -1.46. The average Bonchev–Trinajstić information content (AvgIpc) is 2.75. The number of morpholine rings is 1. The molecule has 2 unspecified atom stereocenters. The quantitative estimate of drug-likeness (QED) is 0.414. The van der Waals surface area contributed by atoms with Gasteiger partial charge in [0.25, 0.3) is 17.7 Å². The Balaban J connectivity index is 1.61. The van der Waals surface area contributed by atoms with Gasteiger partial charge >= 0.3 is 0 Å². The minimum absolute atomic E-state index is 0.0340. The number of rotatable bonds is 7. The van der Waals surface area contributed by atoms with Crippen LogP contribution in [0.2, 0.25) is 0 Å². The van der Waals surface area contributed by atoms with Crippen molar-refractivity contribution in [1.82, 2.24) is 20.9 Å². The van der Waals surface area contributed by atoms with Crippen LogP contribution in [-0.2, 0) is 25.7 Å². The van der Waals surface area contributed by atoms with Crippen LogP contribution in [0.15, 0.2) is 29.3 Å². The molecule has 1 saturated heterocycles. The van der Waals surface area contributed by atoms with Gasteiger partial charge in [0, 0.05) is 32.7 Å². The number of amides is 3. The van der Waals surface area contributed by atoms with Crippen molar-refractivity contribution >= 4 is 23.4 Å². The molecular formula is C20H26FN5O5. The molecule has 0 bridgehead atoms. The van der Waals surface area contributed by atoms with Crippen LogP contribution in [0.1, 0.15) is 12.5 Å². The molecule has 0 aliphatic carbocycles. The Labute approximate surface area is 178 Å². The molecule has 31 heavy (non-hydrogen) atoms. The summed E-state index contributed by atoms with van der Waals surface area (Å²) in [5, 5.41) is 18.0. The van der Waals surface area contributed by atoms with Crippen LogP contribution >= 0.6 is 0 Å². The number of ether oxygens (including phenoxy) is 1. The number of hydrogen-bond donors (Lipinski definition) is 4. The molecule has 0 radical (unpaired) electrons. The molecule has 1 aromatic carbocycles. The Morgan fingerprint density at radius 3 is 2.65 bits per heavy atom. The molecule has 3 rings (SSSR count). The zero-order valence-corrected chi connectivity index (χ0v) is 17.2. The summed E-state index contributed by atoms with van der Waals surface area (Å²) in [5.74, 6) is -2.69. The standard InChI is InChI=1S/C20H26FN5O5/c1-20(30)15(17(27)23-12-13-2-4-14(21)5-3-13)24-16(25-19(20)29)18(28)22-6-7-26-8-10-31-11-9-26/h2-5,16,30H,6-12H2,1H3,(H,22,28)(H,23,27)(H,25,29). The number of aliphatic imine (C=N–C) groups is 1. The summed E-state index contributed by atoms with van der Waals surface area (Å²) in [6.07, 6.45) is -1.33. The van der Waals surface area contributed by atoms with E-state index in [2.05, 4.69) is 25.8 Å². The van der Waals surface area contributed by atoms with Crippen LogP contribution in [0.5, 0.6) is 0 Å². The van der Waals surface area contributed by atoms with E-state index in [1.165, 1.54) is 24.3 Å². The van der Waals surface area contributed by atoms with E-state index in [1.807, 2.05) is 0 Å². The molecular weight excluding hydrogens is 409 g/mol. The van der Waals surface area contributed by atoms with Crippen molar-refractivity contribution in [2.45, 2.75) is 25.2 Å². The molecule has 1 fully saturated rings. The van der Waals surface area contributed by atoms with Gasteiger partial charge in [-0.25, -0.2) is 9.38 Å². The highest BCUT2D eigenvalue weighted by atomic mass is 19.1. The van der Waals surface area contributed by atoms with E-state index in [9.17, 15) is 23.9 Å². The maximum Gasteiger partial charge on any atom is 0.269 e. The van der Waals surface area contributed by atoms with Gasteiger partial charge in [-0.05, 0) is 24.6 Å². The van der Waals surface area contributed by atoms with Crippen LogP contribution in [-0.4, -0.2) is 84.6 Å². The molecule has 4 N–H and O–H groups in total. The fraction of sp³-hybridized carbons (Fsp3) is 0.500. The Morgan fingerprint density at radius 2 is 1.97 bits per heavy atom. The molecule has 0 spiro atoms. The molecule has 2 aliphatic heterocycles. The van der Waals surface area contributed by atoms with E-state index >= 15 is 0 Å². The molecule has 2 aliphatic rings. The van der Waals surface area contributed by atoms with Crippen molar-refractivity contribution in [2.75, 3.05) is 39.4 Å². The summed E-state index contributed by atoms with van der Waals surface area (Å²) in [7, 11) is 0. The third kappa shape index (κ3) is 5.84. The van der Waals surface area contributed by atoms with E-state index in [1.54, 1.807) is 0 Å². The molecule has 1 aromatic rings. The summed E-state index contributed by atoms with van der Waals surface area (Å²) in [6.45, 7) is 4.94. The first-order valence-corrected chi connectivity index (χ1v) is 9.99. The van der Waals surface area contributed by atoms with Gasteiger partial charge in [-0.1, -0.05) is 12.1 Å². The lowest BCUT2D eigenvalue weighted by Crippen LogP contribution is -2.63. The maximum absolute atomic E-state index is 13.0. The van der Waals surface area contributed by atoms with E-state index in [4.69, 9.17) is 4.74 Å². The summed E-state index contributed by atoms with van der Waals surface area (Å²) >= 11 is 0. The van der Waals surface area contributed by atoms with Gasteiger partial charge in [0.1, 0.15) is 11.5 Å². The monoisotopic (exact) mass is 435 g/mol. The summed E-state index contributed by atoms with van der Waals surface area (Å²) in [4.78, 5) is 43.5. The highest BCUT2D eigenvalue weighted by molar-refractivity contribution is 6.46. The second kappa shape index (κ2) is 9.94. The van der Waals surface area contributed by atoms with Gasteiger partial charge < -0.3 is 25.8 Å². The van der Waals surface area contributed by atoms with E-state index in [0.717, 1.165) is 20.0 Å². The second-order valence-electron chi connectivity index (χ2n) is 7.48. The first-order chi connectivity index (χ1) is 14.8. The van der Waals surface area contributed by atoms with E-state index in [-0.39, 0.29) is 6.54 Å². The maximum atomic E-state index is 13.0. The minimum Gasteiger partial charge on any atom is -0.379 e. The molecule has 2 atom stereocenters. The Hall–Kier alpha value is -2.89. The molecule has 2 heterocycles. The van der Waals surface area contributed by atoms with E-state index < -0.39 is 41.0 Å². The van der Waals surface area contributed by atoms with Gasteiger partial charge in [0.15, 0.2) is 5.60 Å². The highest BCUT2D eigenvalue weighted by Crippen LogP contribution is 2.15. The van der Waals surface area contributed by atoms with Gasteiger partial charge in [-0.15, -0.1) is 0 Å². The van der Waals surface area contributed by atoms with Crippen LogP contribution in [0.3, 0.4) is 0 Å². The zero-order valence-electron chi connectivity index (χ0n) is 17.2. The molecule has 3 amide bonds. The van der Waals surface area contributed by atoms with Crippen molar-refractivity contribution in [3.8, 4) is 0 Å². The predicted molar refractivity (Wildman–Crippen MR) is 109 cm³/mol. The van der Waals surface area contributed by atoms with Crippen molar-refractivity contribution in [2.24, 2.45) is 4.99 Å². The fourth-order valence-electron chi connectivity index (χ4n) is 3.19. The smallest absolute Gasteiger partial charge is 0.269 e. The summed E-state index contributed by atoms with van der Waals surface area (Å²) in [5.41, 5.74) is -2.04. The number of nitrogens with one attached hydrogen (secondary N) is 3. The Bertz CT molecular complexity index is 852. The molecule has 0 aromatic heterocycles. The first-order valence-electron chi connectivity index (χ1n) is 9.99. The van der Waals surface area contributed by atoms with Crippen molar-refractivity contribution in [1.29, 1.82) is 0 Å². The molecule has 10 nitrogen and oxygen atoms in total. The summed E-state index contributed by atoms with van der Waals surface area (Å²) < 4.78 is 18.3. The fourth-order valence-corrected chi connectivity index (χ4v) is 3.19. The number of hydrogen-bond acceptors (Lipinski definition) is 7. The number of carbonyl (C=O) groups is 3. The largest absolute Gasteiger partial charge is 0.379 e. The van der Waals surface area contributed by atoms with Gasteiger partial charge in [0.05, 0.1) is 13.2 Å². The van der Waals surface area contributed by atoms with E-state index in [0.29, 0.717) is 31.9 Å². The lowest BCUT2D eigenvalue weighted by Gasteiger charge is -2.31. The topological polar surface area (TPSA) is 132 Å². The number of benzene rings is 1. The Kier molecular flexibility index (Phi) is 7.31. The molecule has 168 valence electrons. The average molecular weight is 435 g/mol. The van der Waals surface area contributed by atoms with Crippen molar-refractivity contribution in [3.05, 3.63) is 35.6 Å². The van der Waals surface area contributed by atoms with Gasteiger partial charge in [-0.2, -0.15) is 0 Å². The van der Waals surface area contributed by atoms with Crippen LogP contribution in [0, 0.1) is 5.82 Å². The lowest BCUT2D eigenvalue weighted by molar-refractivity contribution is -0.138. The molecule has 0 saturated carbocycles. The number of aliphatic hydroxyl groups is 1. The van der Waals surface area contributed by atoms with Crippen LogP contribution in [0.25, 0.3) is 0 Å². The number of carbonyl (C=O) groups excluding carboxylic acids is 3. The summed E-state index contributed by atoms with van der Waals surface area (Å²) in [6, 6.07) is 5.49. The van der Waals surface area contributed by atoms with Crippen LogP contribution < -0.4 is 16.0 Å². The van der Waals surface area contributed by atoms with Crippen molar-refractivity contribution in [3.63, 3.8) is 0 Å². The normalized spacial score (nSPS) is 24.2. The van der Waals surface area contributed by atoms with Gasteiger partial charge in [0.2, 0.25) is 6.17 Å². The third-order valence-electron chi connectivity index (χ3n) is 5.09. The Morgan fingerprint density at radius 1 is 1.29 bits per heavy atom.